The number of benzene rings is 2. The van der Waals surface area contributed by atoms with Crippen molar-refractivity contribution in [2.75, 3.05) is 38.0 Å². The number of halogens is 1. The number of carbonyl (C=O) groups excluding carboxylic acids is 2. The van der Waals surface area contributed by atoms with Gasteiger partial charge in [-0.05, 0) is 36.8 Å². The Balaban J connectivity index is 1.47. The number of amides is 1. The molecular formula is C21H24ClN3O2. The van der Waals surface area contributed by atoms with Crippen LogP contribution in [-0.2, 0) is 11.3 Å². The van der Waals surface area contributed by atoms with Crippen molar-refractivity contribution in [1.29, 1.82) is 0 Å². The Morgan fingerprint density at radius 3 is 2.26 bits per heavy atom. The number of ketones is 1. The third-order valence-corrected chi connectivity index (χ3v) is 4.98. The van der Waals surface area contributed by atoms with Gasteiger partial charge in [0.15, 0.2) is 5.78 Å². The highest BCUT2D eigenvalue weighted by molar-refractivity contribution is 6.30. The summed E-state index contributed by atoms with van der Waals surface area (Å²) in [5, 5.41) is 3.62. The number of carbonyl (C=O) groups is 2. The lowest BCUT2D eigenvalue weighted by Gasteiger charge is -2.34. The molecule has 0 aliphatic carbocycles. The van der Waals surface area contributed by atoms with Gasteiger partial charge in [-0.3, -0.25) is 19.4 Å². The number of nitrogens with zero attached hydrogens (tertiary/aromatic N) is 2. The molecule has 142 valence electrons. The summed E-state index contributed by atoms with van der Waals surface area (Å²) >= 11 is 5.93. The van der Waals surface area contributed by atoms with Gasteiger partial charge in [-0.1, -0.05) is 35.9 Å². The van der Waals surface area contributed by atoms with Gasteiger partial charge in [0.2, 0.25) is 5.91 Å². The number of anilines is 1. The van der Waals surface area contributed by atoms with E-state index < -0.39 is 0 Å². The number of piperazine rings is 1. The van der Waals surface area contributed by atoms with E-state index in [1.807, 2.05) is 18.2 Å². The zero-order valence-electron chi connectivity index (χ0n) is 15.5. The van der Waals surface area contributed by atoms with Crippen LogP contribution < -0.4 is 5.32 Å². The van der Waals surface area contributed by atoms with E-state index in [0.29, 0.717) is 17.8 Å². The van der Waals surface area contributed by atoms with Gasteiger partial charge in [-0.25, -0.2) is 0 Å². The highest BCUT2D eigenvalue weighted by Gasteiger charge is 2.19. The first kappa shape index (κ1) is 19.5. The van der Waals surface area contributed by atoms with Crippen LogP contribution in [-0.4, -0.2) is 54.2 Å². The topological polar surface area (TPSA) is 52.7 Å². The smallest absolute Gasteiger partial charge is 0.238 e. The average molecular weight is 386 g/mol. The molecule has 0 radical (unpaired) electrons. The monoisotopic (exact) mass is 385 g/mol. The van der Waals surface area contributed by atoms with Gasteiger partial charge in [0, 0.05) is 43.3 Å². The van der Waals surface area contributed by atoms with Crippen molar-refractivity contribution in [3.63, 3.8) is 0 Å². The van der Waals surface area contributed by atoms with Gasteiger partial charge in [0.25, 0.3) is 0 Å². The van der Waals surface area contributed by atoms with E-state index in [0.717, 1.165) is 37.7 Å². The quantitative estimate of drug-likeness (QED) is 0.775. The lowest BCUT2D eigenvalue weighted by atomic mass is 10.1. The van der Waals surface area contributed by atoms with E-state index in [-0.39, 0.29) is 11.7 Å². The molecule has 0 spiro atoms. The van der Waals surface area contributed by atoms with Crippen molar-refractivity contribution < 1.29 is 9.59 Å². The lowest BCUT2D eigenvalue weighted by Crippen LogP contribution is -2.48. The van der Waals surface area contributed by atoms with E-state index in [2.05, 4.69) is 27.2 Å². The molecule has 3 rings (SSSR count). The Hall–Kier alpha value is -2.21. The van der Waals surface area contributed by atoms with Gasteiger partial charge in [-0.15, -0.1) is 0 Å². The molecular weight excluding hydrogens is 362 g/mol. The second-order valence-corrected chi connectivity index (χ2v) is 7.27. The summed E-state index contributed by atoms with van der Waals surface area (Å²) in [7, 11) is 0. The number of hydrogen-bond donors (Lipinski definition) is 1. The van der Waals surface area contributed by atoms with Gasteiger partial charge in [0.05, 0.1) is 12.2 Å². The maximum absolute atomic E-state index is 12.4. The van der Waals surface area contributed by atoms with Crippen LogP contribution in [0.4, 0.5) is 5.69 Å². The number of rotatable bonds is 6. The minimum atomic E-state index is -0.0881. The van der Waals surface area contributed by atoms with Crippen LogP contribution in [0.5, 0.6) is 0 Å². The predicted octanol–water partition coefficient (Wildman–Crippen LogP) is 3.30. The normalized spacial score (nSPS) is 15.5. The predicted molar refractivity (Wildman–Crippen MR) is 108 cm³/mol. The van der Waals surface area contributed by atoms with Crippen LogP contribution in [0.2, 0.25) is 5.02 Å². The minimum Gasteiger partial charge on any atom is -0.324 e. The van der Waals surface area contributed by atoms with E-state index in [1.165, 1.54) is 12.5 Å². The summed E-state index contributed by atoms with van der Waals surface area (Å²) in [6, 6.07) is 15.0. The van der Waals surface area contributed by atoms with Crippen molar-refractivity contribution in [2.24, 2.45) is 0 Å². The summed E-state index contributed by atoms with van der Waals surface area (Å²) in [4.78, 5) is 28.6. The van der Waals surface area contributed by atoms with Crippen LogP contribution in [0.1, 0.15) is 22.8 Å². The molecule has 5 nitrogen and oxygen atoms in total. The molecule has 0 atom stereocenters. The Kier molecular flexibility index (Phi) is 6.61. The molecule has 6 heteroatoms. The van der Waals surface area contributed by atoms with Crippen LogP contribution in [0, 0.1) is 0 Å². The first-order chi connectivity index (χ1) is 13.0. The van der Waals surface area contributed by atoms with Crippen LogP contribution in [0.15, 0.2) is 48.5 Å². The lowest BCUT2D eigenvalue weighted by molar-refractivity contribution is -0.117. The second kappa shape index (κ2) is 9.13. The fourth-order valence-electron chi connectivity index (χ4n) is 3.25. The molecule has 2 aromatic carbocycles. The van der Waals surface area contributed by atoms with Crippen LogP contribution in [0.25, 0.3) is 0 Å². The Morgan fingerprint density at radius 1 is 0.963 bits per heavy atom. The fraction of sp³-hybridized carbons (Fsp3) is 0.333. The number of para-hydroxylation sites is 1. The molecule has 0 saturated carbocycles. The zero-order chi connectivity index (χ0) is 19.2. The summed E-state index contributed by atoms with van der Waals surface area (Å²) in [6.45, 7) is 6.25. The van der Waals surface area contributed by atoms with E-state index in [4.69, 9.17) is 11.6 Å². The molecule has 1 fully saturated rings. The van der Waals surface area contributed by atoms with Crippen molar-refractivity contribution in [3.05, 3.63) is 64.7 Å². The first-order valence-electron chi connectivity index (χ1n) is 9.10. The number of nitrogens with one attached hydrogen (secondary N) is 1. The largest absolute Gasteiger partial charge is 0.324 e. The van der Waals surface area contributed by atoms with Crippen molar-refractivity contribution in [2.45, 2.75) is 13.5 Å². The second-order valence-electron chi connectivity index (χ2n) is 6.83. The number of hydrogen-bond acceptors (Lipinski definition) is 4. The molecule has 0 aromatic heterocycles. The van der Waals surface area contributed by atoms with Gasteiger partial charge in [0.1, 0.15) is 0 Å². The molecule has 0 unspecified atom stereocenters. The molecule has 1 aliphatic rings. The van der Waals surface area contributed by atoms with Crippen LogP contribution >= 0.6 is 11.6 Å². The summed E-state index contributed by atoms with van der Waals surface area (Å²) in [5.41, 5.74) is 2.36. The minimum absolute atomic E-state index is 0.0540. The molecule has 1 N–H and O–H groups in total. The maximum atomic E-state index is 12.4. The van der Waals surface area contributed by atoms with Gasteiger partial charge >= 0.3 is 0 Å². The third-order valence-electron chi connectivity index (χ3n) is 4.73. The van der Waals surface area contributed by atoms with E-state index in [1.54, 1.807) is 18.2 Å². The first-order valence-corrected chi connectivity index (χ1v) is 9.48. The number of Topliss-reactive ketones (excluding diaryl/α,β-unsaturated/α-hetero) is 1. The molecule has 2 aromatic rings. The van der Waals surface area contributed by atoms with Crippen molar-refractivity contribution >= 4 is 29.0 Å². The van der Waals surface area contributed by atoms with Crippen molar-refractivity contribution in [3.8, 4) is 0 Å². The van der Waals surface area contributed by atoms with Crippen LogP contribution in [0.3, 0.4) is 0 Å². The van der Waals surface area contributed by atoms with Gasteiger partial charge in [-0.2, -0.15) is 0 Å². The van der Waals surface area contributed by atoms with Gasteiger partial charge < -0.3 is 5.32 Å². The van der Waals surface area contributed by atoms with E-state index in [9.17, 15) is 9.59 Å². The fourth-order valence-corrected chi connectivity index (χ4v) is 3.37. The molecule has 1 aliphatic heterocycles. The Labute approximate surface area is 164 Å². The Bertz CT molecular complexity index is 799. The summed E-state index contributed by atoms with van der Waals surface area (Å²) in [5.74, 6) is -0.142. The third kappa shape index (κ3) is 5.63. The highest BCUT2D eigenvalue weighted by Crippen LogP contribution is 2.16. The highest BCUT2D eigenvalue weighted by atomic mass is 35.5. The SMILES string of the molecule is CC(=O)c1ccccc1NC(=O)CN1CCN(Cc2ccc(Cl)cc2)CC1. The summed E-state index contributed by atoms with van der Waals surface area (Å²) in [6.07, 6.45) is 0. The molecule has 27 heavy (non-hydrogen) atoms. The average Bonchev–Trinajstić information content (AvgIpc) is 2.65. The molecule has 1 heterocycles. The molecule has 1 amide bonds. The zero-order valence-corrected chi connectivity index (χ0v) is 16.2. The standard InChI is InChI=1S/C21H24ClN3O2/c1-16(26)19-4-2-3-5-20(19)23-21(27)15-25-12-10-24(11-13-25)14-17-6-8-18(22)9-7-17/h2-9H,10-15H2,1H3,(H,23,27). The Morgan fingerprint density at radius 2 is 1.59 bits per heavy atom. The van der Waals surface area contributed by atoms with E-state index >= 15 is 0 Å². The molecule has 0 bridgehead atoms. The summed E-state index contributed by atoms with van der Waals surface area (Å²) < 4.78 is 0. The molecule has 1 saturated heterocycles. The maximum Gasteiger partial charge on any atom is 0.238 e. The van der Waals surface area contributed by atoms with Crippen molar-refractivity contribution in [1.82, 2.24) is 9.80 Å².